The number of methoxy groups -OCH3 is 2. The van der Waals surface area contributed by atoms with Gasteiger partial charge in [0.1, 0.15) is 0 Å². The second-order valence-corrected chi connectivity index (χ2v) is 5.11. The Hall–Kier alpha value is -3.93. The molecule has 146 valence electrons. The van der Waals surface area contributed by atoms with E-state index in [-0.39, 0.29) is 23.1 Å². The number of carboxylic acids is 1. The molecule has 2 heterocycles. The van der Waals surface area contributed by atoms with Gasteiger partial charge in [-0.05, 0) is 28.1 Å². The van der Waals surface area contributed by atoms with Gasteiger partial charge in [0.05, 0.1) is 19.8 Å². The lowest BCUT2D eigenvalue weighted by Crippen LogP contribution is -2.13. The average molecular weight is 388 g/mol. The molecule has 3 aromatic rings. The fraction of sp³-hybridized carbons (Fsp3) is 0.188. The number of carbonyl (C=O) groups is 3. The molecule has 0 radical (unpaired) electrons. The lowest BCUT2D eigenvalue weighted by molar-refractivity contribution is 0.0584. The van der Waals surface area contributed by atoms with Crippen LogP contribution >= 0.6 is 0 Å². The number of rotatable bonds is 4. The molecule has 12 nitrogen and oxygen atoms in total. The van der Waals surface area contributed by atoms with E-state index in [2.05, 4.69) is 30.0 Å². The highest BCUT2D eigenvalue weighted by Gasteiger charge is 2.18. The molecule has 12 heteroatoms. The maximum absolute atomic E-state index is 11.3. The second kappa shape index (κ2) is 9.14. The number of carboxylic acid groups (broad SMARTS) is 1. The first-order valence-electron chi connectivity index (χ1n) is 7.69. The van der Waals surface area contributed by atoms with Crippen LogP contribution in [0.4, 0.5) is 0 Å². The van der Waals surface area contributed by atoms with Crippen LogP contribution in [0.5, 0.6) is 0 Å². The fourth-order valence-corrected chi connectivity index (χ4v) is 1.99. The monoisotopic (exact) mass is 388 g/mol. The summed E-state index contributed by atoms with van der Waals surface area (Å²) in [5, 5.41) is 19.0. The van der Waals surface area contributed by atoms with Crippen LogP contribution in [0.1, 0.15) is 36.9 Å². The number of fused-ring (bicyclic) bond motifs is 1. The molecule has 0 bridgehead atoms. The number of benzene rings is 1. The van der Waals surface area contributed by atoms with Crippen LogP contribution in [0.15, 0.2) is 30.3 Å². The van der Waals surface area contributed by atoms with Crippen LogP contribution < -0.4 is 5.73 Å². The number of hydrogen-bond acceptors (Lipinski definition) is 10. The fourth-order valence-electron chi connectivity index (χ4n) is 1.99. The van der Waals surface area contributed by atoms with Gasteiger partial charge in [-0.25, -0.2) is 19.4 Å². The molecule has 0 saturated carbocycles. The van der Waals surface area contributed by atoms with Gasteiger partial charge in [0.15, 0.2) is 11.4 Å². The van der Waals surface area contributed by atoms with E-state index in [0.717, 1.165) is 16.1 Å². The molecule has 0 aliphatic rings. The smallest absolute Gasteiger partial charge is 0.357 e. The van der Waals surface area contributed by atoms with Crippen molar-refractivity contribution in [3.8, 4) is 0 Å². The minimum absolute atomic E-state index is 0.0831. The molecular formula is C16H16N6O6. The Kier molecular flexibility index (Phi) is 6.65. The molecule has 3 rings (SSSR count). The summed E-state index contributed by atoms with van der Waals surface area (Å²) in [7, 11) is 2.53. The Bertz CT molecular complexity index is 1000. The van der Waals surface area contributed by atoms with Gasteiger partial charge >= 0.3 is 17.9 Å². The Labute approximate surface area is 157 Å². The van der Waals surface area contributed by atoms with Gasteiger partial charge in [0.2, 0.25) is 0 Å². The van der Waals surface area contributed by atoms with Crippen LogP contribution in [-0.4, -0.2) is 62.3 Å². The minimum atomic E-state index is -1.28. The number of aromatic carboxylic acids is 1. The first kappa shape index (κ1) is 20.4. The van der Waals surface area contributed by atoms with Gasteiger partial charge in [-0.15, -0.1) is 0 Å². The quantitative estimate of drug-likeness (QED) is 0.573. The molecule has 0 unspecified atom stereocenters. The average Bonchev–Trinajstić information content (AvgIpc) is 3.21. The summed E-state index contributed by atoms with van der Waals surface area (Å²) in [4.78, 5) is 36.7. The molecule has 1 aromatic carbocycles. The van der Waals surface area contributed by atoms with E-state index >= 15 is 0 Å². The van der Waals surface area contributed by atoms with Crippen molar-refractivity contribution in [1.29, 1.82) is 0 Å². The highest BCUT2D eigenvalue weighted by Crippen LogP contribution is 2.06. The minimum Gasteiger partial charge on any atom is -0.477 e. The van der Waals surface area contributed by atoms with E-state index in [1.165, 1.54) is 14.2 Å². The summed E-state index contributed by atoms with van der Waals surface area (Å²) in [6, 6.07) is 8.07. The molecule has 0 saturated heterocycles. The van der Waals surface area contributed by atoms with Crippen molar-refractivity contribution in [3.05, 3.63) is 52.8 Å². The van der Waals surface area contributed by atoms with Gasteiger partial charge in [-0.2, -0.15) is 4.52 Å². The first-order valence-corrected chi connectivity index (χ1v) is 7.69. The molecular weight excluding hydrogens is 372 g/mol. The highest BCUT2D eigenvalue weighted by molar-refractivity contribution is 5.92. The van der Waals surface area contributed by atoms with Crippen molar-refractivity contribution >= 4 is 23.7 Å². The number of aromatic nitrogens is 5. The van der Waals surface area contributed by atoms with Crippen LogP contribution in [0.3, 0.4) is 0 Å². The van der Waals surface area contributed by atoms with Crippen LogP contribution in [-0.2, 0) is 16.0 Å². The summed E-state index contributed by atoms with van der Waals surface area (Å²) < 4.78 is 10.0. The number of ether oxygens (including phenoxy) is 2. The van der Waals surface area contributed by atoms with Crippen molar-refractivity contribution < 1.29 is 29.0 Å². The van der Waals surface area contributed by atoms with Crippen LogP contribution in [0.2, 0.25) is 0 Å². The number of esters is 2. The zero-order valence-corrected chi connectivity index (χ0v) is 14.9. The predicted octanol–water partition coefficient (Wildman–Crippen LogP) is -0.0640. The van der Waals surface area contributed by atoms with Crippen molar-refractivity contribution in [1.82, 2.24) is 25.0 Å². The Morgan fingerprint density at radius 2 is 1.75 bits per heavy atom. The van der Waals surface area contributed by atoms with Gasteiger partial charge in [-0.1, -0.05) is 17.2 Å². The van der Waals surface area contributed by atoms with E-state index in [9.17, 15) is 14.4 Å². The van der Waals surface area contributed by atoms with E-state index in [1.807, 2.05) is 12.1 Å². The van der Waals surface area contributed by atoms with Crippen LogP contribution in [0, 0.1) is 0 Å². The standard InChI is InChI=1S/C9H11NO2.C7H5N5O4/c1-12-9(11)8-4-2-7(6-10)3-5-8;1-16-6(15)4-2-3(5(13)14)8-7-9-10-11-12(4)7/h2-5H,6,10H2,1H3;2H,1H3,(H,13,14). The largest absolute Gasteiger partial charge is 0.477 e. The molecule has 2 aromatic heterocycles. The third kappa shape index (κ3) is 4.62. The molecule has 3 N–H and O–H groups in total. The number of tetrazole rings is 1. The summed E-state index contributed by atoms with van der Waals surface area (Å²) in [6.45, 7) is 0.488. The van der Waals surface area contributed by atoms with Gasteiger partial charge in [0.25, 0.3) is 5.78 Å². The van der Waals surface area contributed by atoms with E-state index in [0.29, 0.717) is 12.1 Å². The normalized spacial score (nSPS) is 9.96. The van der Waals surface area contributed by atoms with E-state index in [4.69, 9.17) is 10.8 Å². The topological polar surface area (TPSA) is 172 Å². The third-order valence-corrected chi connectivity index (χ3v) is 3.40. The zero-order chi connectivity index (χ0) is 20.7. The summed E-state index contributed by atoms with van der Waals surface area (Å²) in [6.07, 6.45) is 0. The Morgan fingerprint density at radius 1 is 1.11 bits per heavy atom. The van der Waals surface area contributed by atoms with Gasteiger partial charge < -0.3 is 20.3 Å². The SMILES string of the molecule is COC(=O)c1cc(C(=O)O)nc2nnnn12.COC(=O)c1ccc(CN)cc1. The molecule has 0 amide bonds. The van der Waals surface area contributed by atoms with Gasteiger partial charge in [-0.3, -0.25) is 0 Å². The van der Waals surface area contributed by atoms with Crippen molar-refractivity contribution in [2.75, 3.05) is 14.2 Å². The summed E-state index contributed by atoms with van der Waals surface area (Å²) >= 11 is 0. The second-order valence-electron chi connectivity index (χ2n) is 5.11. The van der Waals surface area contributed by atoms with E-state index < -0.39 is 11.9 Å². The first-order chi connectivity index (χ1) is 13.4. The summed E-state index contributed by atoms with van der Waals surface area (Å²) in [5.74, 6) is -2.43. The lowest BCUT2D eigenvalue weighted by Gasteiger charge is -2.01. The maximum atomic E-state index is 11.3. The number of hydrogen-bond donors (Lipinski definition) is 2. The van der Waals surface area contributed by atoms with Crippen molar-refractivity contribution in [3.63, 3.8) is 0 Å². The molecule has 0 spiro atoms. The Balaban J connectivity index is 0.000000209. The highest BCUT2D eigenvalue weighted by atomic mass is 16.5. The maximum Gasteiger partial charge on any atom is 0.357 e. The van der Waals surface area contributed by atoms with E-state index in [1.54, 1.807) is 12.1 Å². The predicted molar refractivity (Wildman–Crippen MR) is 92.5 cm³/mol. The van der Waals surface area contributed by atoms with Crippen molar-refractivity contribution in [2.24, 2.45) is 5.73 Å². The summed E-state index contributed by atoms with van der Waals surface area (Å²) in [5.41, 5.74) is 6.51. The zero-order valence-electron chi connectivity index (χ0n) is 14.9. The molecule has 0 aliphatic carbocycles. The lowest BCUT2D eigenvalue weighted by atomic mass is 10.1. The third-order valence-electron chi connectivity index (χ3n) is 3.40. The molecule has 0 fully saturated rings. The number of nitrogens with zero attached hydrogens (tertiary/aromatic N) is 5. The molecule has 28 heavy (non-hydrogen) atoms. The Morgan fingerprint density at radius 3 is 2.29 bits per heavy atom. The van der Waals surface area contributed by atoms with Gasteiger partial charge in [0, 0.05) is 12.6 Å². The number of nitrogens with two attached hydrogens (primary N) is 1. The molecule has 0 atom stereocenters. The molecule has 0 aliphatic heterocycles. The van der Waals surface area contributed by atoms with Crippen molar-refractivity contribution in [2.45, 2.75) is 6.54 Å². The van der Waals surface area contributed by atoms with Crippen LogP contribution in [0.25, 0.3) is 5.78 Å². The number of carbonyl (C=O) groups excluding carboxylic acids is 2.